The third kappa shape index (κ3) is 7.42. The molecule has 1 N–H and O–H groups in total. The third-order valence-corrected chi connectivity index (χ3v) is 6.94. The molecule has 0 aliphatic carbocycles. The summed E-state index contributed by atoms with van der Waals surface area (Å²) < 4.78 is 15.7. The van der Waals surface area contributed by atoms with E-state index in [9.17, 15) is 9.59 Å². The van der Waals surface area contributed by atoms with E-state index in [1.807, 2.05) is 53.6 Å². The first kappa shape index (κ1) is 28.7. The van der Waals surface area contributed by atoms with E-state index in [-0.39, 0.29) is 18.4 Å². The molecule has 0 radical (unpaired) electrons. The van der Waals surface area contributed by atoms with E-state index in [2.05, 4.69) is 11.1 Å². The monoisotopic (exact) mass is 543 g/mol. The van der Waals surface area contributed by atoms with Gasteiger partial charge in [-0.2, -0.15) is 0 Å². The van der Waals surface area contributed by atoms with E-state index >= 15 is 0 Å². The summed E-state index contributed by atoms with van der Waals surface area (Å²) in [6.07, 6.45) is 3.31. The molecule has 8 heteroatoms. The summed E-state index contributed by atoms with van der Waals surface area (Å²) >= 11 is 0. The average Bonchev–Trinajstić information content (AvgIpc) is 3.41. The number of nitrogens with zero attached hydrogens (tertiary/aromatic N) is 2. The van der Waals surface area contributed by atoms with Crippen LogP contribution in [0.4, 0.5) is 0 Å². The maximum atomic E-state index is 13.8. The summed E-state index contributed by atoms with van der Waals surface area (Å²) in [6, 6.07) is 22.8. The molecule has 4 rings (SSSR count). The standard InChI is InChI=1S/C32H37N3O5/c1-38-20-6-18-35(32(37)25-11-15-28(40-3)16-12-25)23-31(36)34(22-24-9-13-27(39-2)14-10-24)19-17-26-21-33-30-8-5-4-7-29(26)30/h4-5,7-16,21,33H,6,17-20,22-23H2,1-3H3. The van der Waals surface area contributed by atoms with Crippen LogP contribution in [-0.4, -0.2) is 74.2 Å². The fourth-order valence-electron chi connectivity index (χ4n) is 4.67. The second-order valence-electron chi connectivity index (χ2n) is 9.57. The molecule has 0 aliphatic rings. The molecule has 0 saturated carbocycles. The van der Waals surface area contributed by atoms with Crippen LogP contribution in [0, 0.1) is 0 Å². The van der Waals surface area contributed by atoms with Crippen LogP contribution in [0.5, 0.6) is 11.5 Å². The molecule has 40 heavy (non-hydrogen) atoms. The minimum absolute atomic E-state index is 0.0292. The summed E-state index contributed by atoms with van der Waals surface area (Å²) in [6.45, 7) is 1.81. The lowest BCUT2D eigenvalue weighted by Crippen LogP contribution is -2.44. The largest absolute Gasteiger partial charge is 0.497 e. The lowest BCUT2D eigenvalue weighted by molar-refractivity contribution is -0.132. The molecule has 0 atom stereocenters. The van der Waals surface area contributed by atoms with E-state index in [0.717, 1.165) is 27.8 Å². The van der Waals surface area contributed by atoms with Crippen molar-refractivity contribution in [2.45, 2.75) is 19.4 Å². The average molecular weight is 544 g/mol. The highest BCUT2D eigenvalue weighted by Crippen LogP contribution is 2.20. The van der Waals surface area contributed by atoms with Gasteiger partial charge < -0.3 is 29.0 Å². The molecule has 8 nitrogen and oxygen atoms in total. The first-order chi connectivity index (χ1) is 19.5. The van der Waals surface area contributed by atoms with E-state index in [1.54, 1.807) is 50.5 Å². The molecular weight excluding hydrogens is 506 g/mol. The Balaban J connectivity index is 1.54. The maximum Gasteiger partial charge on any atom is 0.254 e. The number of aromatic amines is 1. The van der Waals surface area contributed by atoms with Gasteiger partial charge in [-0.05, 0) is 66.4 Å². The number of hydrogen-bond acceptors (Lipinski definition) is 5. The number of ether oxygens (including phenoxy) is 3. The van der Waals surface area contributed by atoms with Crippen molar-refractivity contribution in [2.24, 2.45) is 0 Å². The number of amides is 2. The topological polar surface area (TPSA) is 84.1 Å². The molecule has 2 amide bonds. The van der Waals surface area contributed by atoms with Gasteiger partial charge in [0.05, 0.1) is 14.2 Å². The summed E-state index contributed by atoms with van der Waals surface area (Å²) in [5.41, 5.74) is 3.71. The summed E-state index contributed by atoms with van der Waals surface area (Å²) in [5.74, 6) is 1.11. The molecule has 1 aromatic heterocycles. The van der Waals surface area contributed by atoms with Crippen LogP contribution in [0.15, 0.2) is 79.0 Å². The number of benzene rings is 3. The summed E-state index contributed by atoms with van der Waals surface area (Å²) in [5, 5.41) is 1.15. The second kappa shape index (κ2) is 14.2. The second-order valence-corrected chi connectivity index (χ2v) is 9.57. The van der Waals surface area contributed by atoms with Crippen LogP contribution < -0.4 is 9.47 Å². The van der Waals surface area contributed by atoms with Crippen LogP contribution in [-0.2, 0) is 22.5 Å². The zero-order valence-corrected chi connectivity index (χ0v) is 23.4. The Hall–Kier alpha value is -4.30. The maximum absolute atomic E-state index is 13.8. The van der Waals surface area contributed by atoms with Gasteiger partial charge in [-0.3, -0.25) is 9.59 Å². The van der Waals surface area contributed by atoms with Crippen molar-refractivity contribution in [2.75, 3.05) is 47.6 Å². The third-order valence-electron chi connectivity index (χ3n) is 6.94. The highest BCUT2D eigenvalue weighted by Gasteiger charge is 2.23. The fourth-order valence-corrected chi connectivity index (χ4v) is 4.67. The van der Waals surface area contributed by atoms with Crippen molar-refractivity contribution in [3.05, 3.63) is 95.7 Å². The van der Waals surface area contributed by atoms with Crippen molar-refractivity contribution >= 4 is 22.7 Å². The summed E-state index contributed by atoms with van der Waals surface area (Å²) in [7, 11) is 4.84. The smallest absolute Gasteiger partial charge is 0.254 e. The molecule has 3 aromatic carbocycles. The Morgan fingerprint density at radius 3 is 2.15 bits per heavy atom. The number of carbonyl (C=O) groups is 2. The van der Waals surface area contributed by atoms with Gasteiger partial charge in [0.1, 0.15) is 18.0 Å². The Bertz CT molecular complexity index is 1380. The predicted octanol–water partition coefficient (Wildman–Crippen LogP) is 4.94. The molecule has 0 bridgehead atoms. The van der Waals surface area contributed by atoms with Gasteiger partial charge in [0, 0.05) is 56.0 Å². The molecule has 4 aromatic rings. The first-order valence-corrected chi connectivity index (χ1v) is 13.4. The van der Waals surface area contributed by atoms with Crippen LogP contribution in [0.1, 0.15) is 27.9 Å². The highest BCUT2D eigenvalue weighted by atomic mass is 16.5. The van der Waals surface area contributed by atoms with Crippen molar-refractivity contribution in [1.82, 2.24) is 14.8 Å². The normalized spacial score (nSPS) is 10.9. The number of para-hydroxylation sites is 1. The van der Waals surface area contributed by atoms with Gasteiger partial charge in [-0.1, -0.05) is 30.3 Å². The zero-order valence-electron chi connectivity index (χ0n) is 23.4. The van der Waals surface area contributed by atoms with Crippen molar-refractivity contribution in [3.8, 4) is 11.5 Å². The Kier molecular flexibility index (Phi) is 10.2. The number of hydrogen-bond donors (Lipinski definition) is 1. The van der Waals surface area contributed by atoms with Gasteiger partial charge in [0.2, 0.25) is 5.91 Å². The first-order valence-electron chi connectivity index (χ1n) is 13.4. The number of rotatable bonds is 14. The van der Waals surface area contributed by atoms with Gasteiger partial charge in [-0.25, -0.2) is 0 Å². The van der Waals surface area contributed by atoms with Crippen molar-refractivity contribution in [1.29, 1.82) is 0 Å². The lowest BCUT2D eigenvalue weighted by Gasteiger charge is -2.28. The van der Waals surface area contributed by atoms with Crippen LogP contribution in [0.3, 0.4) is 0 Å². The molecule has 1 heterocycles. The molecule has 0 spiro atoms. The molecule has 0 saturated heterocycles. The van der Waals surface area contributed by atoms with Crippen molar-refractivity contribution in [3.63, 3.8) is 0 Å². The number of methoxy groups -OCH3 is 3. The fraction of sp³-hybridized carbons (Fsp3) is 0.312. The van der Waals surface area contributed by atoms with Gasteiger partial charge in [-0.15, -0.1) is 0 Å². The molecule has 0 fully saturated rings. The molecule has 0 unspecified atom stereocenters. The Labute approximate surface area is 235 Å². The van der Waals surface area contributed by atoms with E-state index in [0.29, 0.717) is 50.4 Å². The lowest BCUT2D eigenvalue weighted by atomic mass is 10.1. The number of aromatic nitrogens is 1. The highest BCUT2D eigenvalue weighted by molar-refractivity contribution is 5.96. The quantitative estimate of drug-likeness (QED) is 0.228. The van der Waals surface area contributed by atoms with E-state index in [1.165, 1.54) is 0 Å². The van der Waals surface area contributed by atoms with Crippen LogP contribution in [0.25, 0.3) is 10.9 Å². The van der Waals surface area contributed by atoms with E-state index in [4.69, 9.17) is 14.2 Å². The molecule has 210 valence electrons. The predicted molar refractivity (Wildman–Crippen MR) is 156 cm³/mol. The van der Waals surface area contributed by atoms with Gasteiger partial charge >= 0.3 is 0 Å². The Morgan fingerprint density at radius 2 is 1.48 bits per heavy atom. The molecular formula is C32H37N3O5. The zero-order chi connectivity index (χ0) is 28.3. The molecule has 0 aliphatic heterocycles. The number of carbonyl (C=O) groups excluding carboxylic acids is 2. The van der Waals surface area contributed by atoms with Crippen LogP contribution >= 0.6 is 0 Å². The minimum Gasteiger partial charge on any atom is -0.497 e. The van der Waals surface area contributed by atoms with E-state index < -0.39 is 0 Å². The number of fused-ring (bicyclic) bond motifs is 1. The number of H-pyrrole nitrogens is 1. The van der Waals surface area contributed by atoms with Crippen LogP contribution in [0.2, 0.25) is 0 Å². The Morgan fingerprint density at radius 1 is 0.800 bits per heavy atom. The SMILES string of the molecule is COCCCN(CC(=O)N(CCc1c[nH]c2ccccc12)Cc1ccc(OC)cc1)C(=O)c1ccc(OC)cc1. The number of nitrogens with one attached hydrogen (secondary N) is 1. The van der Waals surface area contributed by atoms with Gasteiger partial charge in [0.25, 0.3) is 5.91 Å². The summed E-state index contributed by atoms with van der Waals surface area (Å²) in [4.78, 5) is 34.0. The van der Waals surface area contributed by atoms with Gasteiger partial charge in [0.15, 0.2) is 0 Å². The van der Waals surface area contributed by atoms with Crippen molar-refractivity contribution < 1.29 is 23.8 Å². The minimum atomic E-state index is -0.201.